The van der Waals surface area contributed by atoms with Crippen LogP contribution in [0.5, 0.6) is 0 Å². The average molecular weight is 1100 g/mol. The zero-order valence-corrected chi connectivity index (χ0v) is 45.3. The number of thioether (sulfide) groups is 1. The molecule has 0 aliphatic carbocycles. The van der Waals surface area contributed by atoms with Gasteiger partial charge in [-0.2, -0.15) is 16.6 Å². The lowest BCUT2D eigenvalue weighted by molar-refractivity contribution is -0.139. The van der Waals surface area contributed by atoms with E-state index in [2.05, 4.69) is 57.2 Å². The van der Waals surface area contributed by atoms with Crippen LogP contribution in [0.25, 0.3) is 10.9 Å². The van der Waals surface area contributed by atoms with Gasteiger partial charge in [-0.05, 0) is 61.7 Å². The minimum Gasteiger partial charge on any atom is -0.481 e. The van der Waals surface area contributed by atoms with Crippen molar-refractivity contribution in [2.75, 3.05) is 32.8 Å². The molecule has 3 aromatic rings. The summed E-state index contributed by atoms with van der Waals surface area (Å²) in [6.07, 6.45) is 3.46. The quantitative estimate of drug-likeness (QED) is 0.0347. The fraction of sp³-hybridized carbons (Fsp3) is 0.551. The summed E-state index contributed by atoms with van der Waals surface area (Å²) < 4.78 is 18.8. The van der Waals surface area contributed by atoms with E-state index in [1.165, 1.54) is 18.7 Å². The van der Waals surface area contributed by atoms with Gasteiger partial charge in [0.25, 0.3) is 0 Å². The number of nitrogens with one attached hydrogen (secondary N) is 9. The number of H-pyrrole nitrogens is 1. The minimum atomic E-state index is -1.52. The number of imidazole rings is 1. The number of rotatable bonds is 32. The zero-order valence-electron chi connectivity index (χ0n) is 44.5. The fourth-order valence-electron chi connectivity index (χ4n) is 7.39. The van der Waals surface area contributed by atoms with Crippen LogP contribution in [0.4, 0.5) is 4.48 Å². The Morgan fingerprint density at radius 2 is 1.30 bits per heavy atom. The molecule has 2 aromatic heterocycles. The lowest BCUT2D eigenvalue weighted by atomic mass is 10.0. The number of aromatic nitrogens is 3. The van der Waals surface area contributed by atoms with Crippen LogP contribution in [-0.2, 0) is 70.3 Å². The molecule has 0 bridgehead atoms. The van der Waals surface area contributed by atoms with Gasteiger partial charge in [-0.1, -0.05) is 50.4 Å². The van der Waals surface area contributed by atoms with Crippen LogP contribution in [0.15, 0.2) is 43.0 Å². The van der Waals surface area contributed by atoms with Crippen molar-refractivity contribution in [3.05, 3.63) is 54.2 Å². The van der Waals surface area contributed by atoms with E-state index in [1.54, 1.807) is 72.4 Å². The normalized spacial score (nSPS) is 13.7. The molecular formula is C49H74FN13O13S. The number of nitrogens with zero attached hydrogens (tertiary/aromatic N) is 2. The Morgan fingerprint density at radius 1 is 0.714 bits per heavy atom. The van der Waals surface area contributed by atoms with Crippen molar-refractivity contribution in [1.82, 2.24) is 57.3 Å². The molecule has 2 heterocycles. The molecule has 1 aromatic carbocycles. The third kappa shape index (κ3) is 23.4. The van der Waals surface area contributed by atoms with E-state index in [4.69, 9.17) is 16.6 Å². The van der Waals surface area contributed by atoms with Crippen LogP contribution in [0.3, 0.4) is 0 Å². The third-order valence-electron chi connectivity index (χ3n) is 11.4. The number of carboxylic acids is 1. The molecule has 7 atom stereocenters. The number of benzene rings is 1. The first-order valence-corrected chi connectivity index (χ1v) is 26.0. The SMILES string of the molecule is COC.CSCCC(NC(=O)C(CC(C)C)NC(=O)C(Cc1cncn1F)NC(=O)CNC(=O)C(NC(=O)C(C)NC(=O)C(Cc1c[nH]c2ccccc12)NC(=O)C(CCC(N)=O)NC(=O)CCC(=O)O)C(C)C)C(N)=O. The van der Waals surface area contributed by atoms with Crippen molar-refractivity contribution in [3.63, 3.8) is 0 Å². The van der Waals surface area contributed by atoms with Gasteiger partial charge in [-0.3, -0.25) is 52.7 Å². The Morgan fingerprint density at radius 3 is 1.88 bits per heavy atom. The van der Waals surface area contributed by atoms with Crippen molar-refractivity contribution in [2.24, 2.45) is 23.3 Å². The van der Waals surface area contributed by atoms with Gasteiger partial charge in [0.1, 0.15) is 48.6 Å². The molecule has 0 spiro atoms. The molecule has 0 saturated carbocycles. The second kappa shape index (κ2) is 33.4. The molecule has 10 amide bonds. The minimum absolute atomic E-state index is 0.107. The summed E-state index contributed by atoms with van der Waals surface area (Å²) in [4.78, 5) is 150. The van der Waals surface area contributed by atoms with E-state index in [-0.39, 0.29) is 48.5 Å². The van der Waals surface area contributed by atoms with Crippen molar-refractivity contribution in [3.8, 4) is 0 Å². The second-order valence-electron chi connectivity index (χ2n) is 18.7. The number of fused-ring (bicyclic) bond motifs is 1. The number of carbonyl (C=O) groups excluding carboxylic acids is 10. The number of primary amides is 2. The van der Waals surface area contributed by atoms with E-state index in [1.807, 2.05) is 6.26 Å². The highest BCUT2D eigenvalue weighted by atomic mass is 32.2. The van der Waals surface area contributed by atoms with Gasteiger partial charge in [-0.25, -0.2) is 4.98 Å². The van der Waals surface area contributed by atoms with E-state index in [0.717, 1.165) is 12.5 Å². The van der Waals surface area contributed by atoms with Crippen LogP contribution < -0.4 is 54.0 Å². The van der Waals surface area contributed by atoms with Crippen LogP contribution in [0.2, 0.25) is 0 Å². The summed E-state index contributed by atoms with van der Waals surface area (Å²) >= 11 is 1.43. The Hall–Kier alpha value is -7.62. The highest BCUT2D eigenvalue weighted by Crippen LogP contribution is 2.20. The molecule has 0 fully saturated rings. The molecule has 3 rings (SSSR count). The predicted octanol–water partition coefficient (Wildman–Crippen LogP) is -1.25. The number of aliphatic carboxylic acids is 1. The first-order valence-electron chi connectivity index (χ1n) is 24.6. The Kier molecular flexibility index (Phi) is 28.4. The summed E-state index contributed by atoms with van der Waals surface area (Å²) in [5.74, 6) is -9.91. The summed E-state index contributed by atoms with van der Waals surface area (Å²) in [6, 6.07) is -2.14. The lowest BCUT2D eigenvalue weighted by Crippen LogP contribution is -2.59. The number of halogens is 1. The maximum Gasteiger partial charge on any atom is 0.303 e. The van der Waals surface area contributed by atoms with E-state index < -0.39 is 139 Å². The van der Waals surface area contributed by atoms with Gasteiger partial charge in [0, 0.05) is 57.0 Å². The van der Waals surface area contributed by atoms with Gasteiger partial charge < -0.3 is 68.8 Å². The summed E-state index contributed by atoms with van der Waals surface area (Å²) in [5.41, 5.74) is 12.0. The molecule has 0 saturated heterocycles. The molecular weight excluding hydrogens is 1030 g/mol. The van der Waals surface area contributed by atoms with Crippen LogP contribution in [-0.4, -0.2) is 160 Å². The Labute approximate surface area is 449 Å². The number of para-hydroxylation sites is 1. The number of aromatic amines is 1. The number of hydrogen-bond donors (Lipinski definition) is 12. The molecule has 0 aliphatic heterocycles. The van der Waals surface area contributed by atoms with Crippen LogP contribution in [0, 0.1) is 11.8 Å². The first-order chi connectivity index (χ1) is 36.3. The molecule has 426 valence electrons. The molecule has 0 radical (unpaired) electrons. The van der Waals surface area contributed by atoms with Gasteiger partial charge in [0.2, 0.25) is 59.1 Å². The lowest BCUT2D eigenvalue weighted by Gasteiger charge is -2.26. The molecule has 77 heavy (non-hydrogen) atoms. The van der Waals surface area contributed by atoms with Crippen molar-refractivity contribution in [1.29, 1.82) is 0 Å². The topological polar surface area (TPSA) is 399 Å². The highest BCUT2D eigenvalue weighted by Gasteiger charge is 2.34. The summed E-state index contributed by atoms with van der Waals surface area (Å²) in [6.45, 7) is 7.33. The van der Waals surface area contributed by atoms with Crippen molar-refractivity contribution < 1.29 is 67.1 Å². The van der Waals surface area contributed by atoms with Crippen LogP contribution in [0.1, 0.15) is 84.4 Å². The van der Waals surface area contributed by atoms with E-state index in [9.17, 15) is 57.2 Å². The standard InChI is InChI=1S/C47H68FN13O12S.C2H6O/c1-24(2)17-33(45(71)57-31(41(50)67)15-16-74-6)58-46(72)35(19-28-21-51-23-61(28)48)56-38(64)22-53-47(73)40(25(3)4)60-42(68)26(5)54-44(70)34(18-27-20-52-30-10-8-7-9-29(27)30)59-43(69)32(11-12-36(49)62)55-37(63)13-14-39(65)66;1-3-2/h7-10,20-21,23-26,31-35,40,52H,11-19,22H2,1-6H3,(H2,49,62)(H2,50,67)(H,53,73)(H,54,70)(H,55,63)(H,56,64)(H,57,71)(H,58,72)(H,59,69)(H,60,68)(H,65,66);1-2H3. The van der Waals surface area contributed by atoms with E-state index >= 15 is 0 Å². The number of nitrogens with two attached hydrogens (primary N) is 2. The van der Waals surface area contributed by atoms with Crippen molar-refractivity contribution >= 4 is 87.7 Å². The number of methoxy groups -OCH3 is 1. The fourth-order valence-corrected chi connectivity index (χ4v) is 7.87. The highest BCUT2D eigenvalue weighted by molar-refractivity contribution is 7.98. The molecule has 28 heteroatoms. The van der Waals surface area contributed by atoms with Gasteiger partial charge in [0.05, 0.1) is 24.9 Å². The zero-order chi connectivity index (χ0) is 57.9. The van der Waals surface area contributed by atoms with Crippen molar-refractivity contribution in [2.45, 2.75) is 128 Å². The Balaban J connectivity index is 0.00000659. The van der Waals surface area contributed by atoms with Crippen LogP contribution >= 0.6 is 11.8 Å². The molecule has 26 nitrogen and oxygen atoms in total. The van der Waals surface area contributed by atoms with Gasteiger partial charge in [0.15, 0.2) is 0 Å². The maximum atomic E-state index is 14.5. The number of hydrogen-bond acceptors (Lipinski definition) is 14. The number of ether oxygens (including phenoxy) is 1. The summed E-state index contributed by atoms with van der Waals surface area (Å²) in [7, 11) is 3.25. The molecule has 7 unspecified atom stereocenters. The second-order valence-corrected chi connectivity index (χ2v) is 19.7. The van der Waals surface area contributed by atoms with E-state index in [0.29, 0.717) is 22.2 Å². The average Bonchev–Trinajstić information content (AvgIpc) is 3.97. The monoisotopic (exact) mass is 1100 g/mol. The summed E-state index contributed by atoms with van der Waals surface area (Å²) in [5, 5.41) is 29.8. The molecule has 0 aliphatic rings. The largest absolute Gasteiger partial charge is 0.481 e. The van der Waals surface area contributed by atoms with Gasteiger partial charge in [-0.15, -0.1) is 0 Å². The molecule has 14 N–H and O–H groups in total. The van der Waals surface area contributed by atoms with Gasteiger partial charge >= 0.3 is 5.97 Å². The number of carbonyl (C=O) groups is 11. The first kappa shape index (κ1) is 65.5. The Bertz CT molecular complexity index is 2500. The predicted molar refractivity (Wildman–Crippen MR) is 281 cm³/mol. The number of carboxylic acid groups (broad SMARTS) is 1. The maximum absolute atomic E-state index is 14.5. The number of amides is 10. The smallest absolute Gasteiger partial charge is 0.303 e. The third-order valence-corrected chi connectivity index (χ3v) is 12.0.